The van der Waals surface area contributed by atoms with Crippen molar-refractivity contribution in [2.75, 3.05) is 11.4 Å². The molecule has 5 heteroatoms. The standard InChI is InChI=1S/C25H24N2O3/c1-16(24(28)27-15-14-17-8-2-7-13-22(17)27)30-25(29)23-18-9-3-5-11-20(18)26-21-12-6-4-10-19(21)23/h2-3,5,7-9,11,13,16H,4,6,10,12,14-15H2,1H3/t16-/m0/s1. The molecule has 2 aromatic carbocycles. The van der Waals surface area contributed by atoms with Crippen molar-refractivity contribution in [1.29, 1.82) is 0 Å². The van der Waals surface area contributed by atoms with Gasteiger partial charge in [-0.3, -0.25) is 9.78 Å². The van der Waals surface area contributed by atoms with E-state index in [1.165, 1.54) is 0 Å². The van der Waals surface area contributed by atoms with Crippen LogP contribution in [0.15, 0.2) is 48.5 Å². The van der Waals surface area contributed by atoms with Gasteiger partial charge in [-0.25, -0.2) is 4.79 Å². The van der Waals surface area contributed by atoms with E-state index in [0.717, 1.165) is 65.5 Å². The molecule has 2 heterocycles. The summed E-state index contributed by atoms with van der Waals surface area (Å²) in [6, 6.07) is 15.6. The largest absolute Gasteiger partial charge is 0.449 e. The minimum absolute atomic E-state index is 0.180. The Bertz CT molecular complexity index is 1150. The average molecular weight is 400 g/mol. The van der Waals surface area contributed by atoms with E-state index in [0.29, 0.717) is 12.1 Å². The van der Waals surface area contributed by atoms with Gasteiger partial charge in [0.1, 0.15) is 0 Å². The number of anilines is 1. The van der Waals surface area contributed by atoms with Gasteiger partial charge in [-0.1, -0.05) is 36.4 Å². The number of aryl methyl sites for hydroxylation is 1. The maximum atomic E-state index is 13.3. The van der Waals surface area contributed by atoms with Crippen molar-refractivity contribution in [3.05, 3.63) is 70.9 Å². The summed E-state index contributed by atoms with van der Waals surface area (Å²) in [5, 5.41) is 0.800. The average Bonchev–Trinajstić information content (AvgIpc) is 3.20. The molecule has 1 aliphatic carbocycles. The predicted octanol–water partition coefficient (Wildman–Crippen LogP) is 4.25. The number of para-hydroxylation sites is 2. The first-order valence-corrected chi connectivity index (χ1v) is 10.6. The van der Waals surface area contributed by atoms with Gasteiger partial charge in [-0.05, 0) is 62.3 Å². The fourth-order valence-corrected chi connectivity index (χ4v) is 4.66. The summed E-state index contributed by atoms with van der Waals surface area (Å²) in [6.07, 6.45) is 3.78. The zero-order valence-electron chi connectivity index (χ0n) is 17.1. The lowest BCUT2D eigenvalue weighted by molar-refractivity contribution is -0.126. The Morgan fingerprint density at radius 2 is 1.77 bits per heavy atom. The van der Waals surface area contributed by atoms with Crippen LogP contribution < -0.4 is 4.90 Å². The molecule has 0 fully saturated rings. The Morgan fingerprint density at radius 1 is 1.00 bits per heavy atom. The first kappa shape index (κ1) is 18.8. The van der Waals surface area contributed by atoms with Gasteiger partial charge >= 0.3 is 5.97 Å². The third kappa shape index (κ3) is 3.15. The SMILES string of the molecule is C[C@H](OC(=O)c1c2c(nc3ccccc13)CCCC2)C(=O)N1CCc2ccccc21. The zero-order valence-corrected chi connectivity index (χ0v) is 17.1. The topological polar surface area (TPSA) is 59.5 Å². The summed E-state index contributed by atoms with van der Waals surface area (Å²) in [4.78, 5) is 32.9. The molecule has 5 nitrogen and oxygen atoms in total. The van der Waals surface area contributed by atoms with Crippen LogP contribution in [0, 0.1) is 0 Å². The van der Waals surface area contributed by atoms with E-state index in [1.807, 2.05) is 48.5 Å². The first-order valence-electron chi connectivity index (χ1n) is 10.6. The molecule has 0 saturated heterocycles. The number of aromatic nitrogens is 1. The van der Waals surface area contributed by atoms with Gasteiger partial charge in [0, 0.05) is 23.3 Å². The number of nitrogens with zero attached hydrogens (tertiary/aromatic N) is 2. The molecular weight excluding hydrogens is 376 g/mol. The second kappa shape index (κ2) is 7.56. The molecule has 0 bridgehead atoms. The van der Waals surface area contributed by atoms with Crippen molar-refractivity contribution in [2.45, 2.75) is 45.1 Å². The normalized spacial score (nSPS) is 16.1. The monoisotopic (exact) mass is 400 g/mol. The minimum Gasteiger partial charge on any atom is -0.449 e. The molecule has 30 heavy (non-hydrogen) atoms. The van der Waals surface area contributed by atoms with Gasteiger partial charge in [-0.2, -0.15) is 0 Å². The van der Waals surface area contributed by atoms with E-state index < -0.39 is 12.1 Å². The Balaban J connectivity index is 1.44. The number of hydrogen-bond donors (Lipinski definition) is 0. The predicted molar refractivity (Wildman–Crippen MR) is 116 cm³/mol. The quantitative estimate of drug-likeness (QED) is 0.617. The third-order valence-corrected chi connectivity index (χ3v) is 6.16. The summed E-state index contributed by atoms with van der Waals surface area (Å²) in [7, 11) is 0. The highest BCUT2D eigenvalue weighted by molar-refractivity contribution is 6.07. The molecule has 5 rings (SSSR count). The second-order valence-electron chi connectivity index (χ2n) is 8.05. The fourth-order valence-electron chi connectivity index (χ4n) is 4.66. The minimum atomic E-state index is -0.852. The lowest BCUT2D eigenvalue weighted by Crippen LogP contribution is -2.39. The van der Waals surface area contributed by atoms with E-state index in [1.54, 1.807) is 11.8 Å². The fraction of sp³-hybridized carbons (Fsp3) is 0.320. The smallest absolute Gasteiger partial charge is 0.339 e. The van der Waals surface area contributed by atoms with Crippen molar-refractivity contribution in [2.24, 2.45) is 0 Å². The number of pyridine rings is 1. The van der Waals surface area contributed by atoms with E-state index in [2.05, 4.69) is 0 Å². The molecule has 0 spiro atoms. The molecule has 0 unspecified atom stereocenters. The van der Waals surface area contributed by atoms with E-state index >= 15 is 0 Å². The summed E-state index contributed by atoms with van der Waals surface area (Å²) >= 11 is 0. The summed E-state index contributed by atoms with van der Waals surface area (Å²) in [5.74, 6) is -0.611. The van der Waals surface area contributed by atoms with Gasteiger partial charge in [0.2, 0.25) is 0 Å². The molecule has 0 saturated carbocycles. The number of hydrogen-bond acceptors (Lipinski definition) is 4. The Morgan fingerprint density at radius 3 is 2.67 bits per heavy atom. The number of carbonyl (C=O) groups excluding carboxylic acids is 2. The molecule has 3 aromatic rings. The van der Waals surface area contributed by atoms with Gasteiger partial charge in [-0.15, -0.1) is 0 Å². The lowest BCUT2D eigenvalue weighted by Gasteiger charge is -2.23. The van der Waals surface area contributed by atoms with Crippen LogP contribution in [-0.4, -0.2) is 29.5 Å². The highest BCUT2D eigenvalue weighted by Gasteiger charge is 2.31. The number of carbonyl (C=O) groups is 2. The number of ether oxygens (including phenoxy) is 1. The number of amides is 1. The summed E-state index contributed by atoms with van der Waals surface area (Å²) < 4.78 is 5.74. The molecule has 152 valence electrons. The number of benzene rings is 2. The molecule has 1 amide bonds. The van der Waals surface area contributed by atoms with E-state index in [4.69, 9.17) is 9.72 Å². The van der Waals surface area contributed by atoms with Crippen molar-refractivity contribution in [3.8, 4) is 0 Å². The van der Waals surface area contributed by atoms with Crippen LogP contribution in [0.4, 0.5) is 5.69 Å². The zero-order chi connectivity index (χ0) is 20.7. The maximum absolute atomic E-state index is 13.3. The van der Waals surface area contributed by atoms with Crippen LogP contribution in [0.2, 0.25) is 0 Å². The van der Waals surface area contributed by atoms with Crippen molar-refractivity contribution < 1.29 is 14.3 Å². The Kier molecular flexibility index (Phi) is 4.74. The van der Waals surface area contributed by atoms with Crippen LogP contribution in [0.1, 0.15) is 46.9 Å². The van der Waals surface area contributed by atoms with Crippen molar-refractivity contribution in [3.63, 3.8) is 0 Å². The van der Waals surface area contributed by atoms with Gasteiger partial charge < -0.3 is 9.64 Å². The molecule has 1 aromatic heterocycles. The summed E-state index contributed by atoms with van der Waals surface area (Å²) in [5.41, 5.74) is 5.42. The highest BCUT2D eigenvalue weighted by Crippen LogP contribution is 2.31. The summed E-state index contributed by atoms with van der Waals surface area (Å²) in [6.45, 7) is 2.28. The number of esters is 1. The lowest BCUT2D eigenvalue weighted by atomic mass is 9.90. The number of fused-ring (bicyclic) bond motifs is 3. The Labute approximate surface area is 175 Å². The van der Waals surface area contributed by atoms with Crippen LogP contribution in [0.25, 0.3) is 10.9 Å². The maximum Gasteiger partial charge on any atom is 0.339 e. The molecule has 2 aliphatic rings. The van der Waals surface area contributed by atoms with Crippen LogP contribution in [0.5, 0.6) is 0 Å². The van der Waals surface area contributed by atoms with Crippen LogP contribution in [0.3, 0.4) is 0 Å². The second-order valence-corrected chi connectivity index (χ2v) is 8.05. The molecule has 1 atom stereocenters. The molecule has 0 N–H and O–H groups in total. The van der Waals surface area contributed by atoms with Crippen LogP contribution in [-0.2, 0) is 28.8 Å². The third-order valence-electron chi connectivity index (χ3n) is 6.16. The molecule has 1 aliphatic heterocycles. The Hall–Kier alpha value is -3.21. The van der Waals surface area contributed by atoms with Gasteiger partial charge in [0.25, 0.3) is 5.91 Å². The molecule has 0 radical (unpaired) electrons. The van der Waals surface area contributed by atoms with Crippen molar-refractivity contribution >= 4 is 28.5 Å². The number of rotatable bonds is 3. The highest BCUT2D eigenvalue weighted by atomic mass is 16.5. The van der Waals surface area contributed by atoms with Gasteiger partial charge in [0.05, 0.1) is 11.1 Å². The van der Waals surface area contributed by atoms with Crippen LogP contribution >= 0.6 is 0 Å². The van der Waals surface area contributed by atoms with E-state index in [-0.39, 0.29) is 5.91 Å². The molecular formula is C25H24N2O3. The van der Waals surface area contributed by atoms with Gasteiger partial charge in [0.15, 0.2) is 6.10 Å². The van der Waals surface area contributed by atoms with E-state index in [9.17, 15) is 9.59 Å². The first-order chi connectivity index (χ1) is 14.6. The van der Waals surface area contributed by atoms with Crippen molar-refractivity contribution in [1.82, 2.24) is 4.98 Å².